The summed E-state index contributed by atoms with van der Waals surface area (Å²) in [5.41, 5.74) is 0. The molecule has 7 nitrogen and oxygen atoms in total. The first-order chi connectivity index (χ1) is 9.16. The Hall–Kier alpha value is 0.610. The average Bonchev–Trinajstić information content (AvgIpc) is 2.32. The van der Waals surface area contributed by atoms with Crippen LogP contribution in [0.15, 0.2) is 0 Å². The number of nitrogens with one attached hydrogen (secondary N) is 1. The molecule has 0 saturated carbocycles. The Morgan fingerprint density at radius 2 is 1.45 bits per heavy atom. The molecule has 0 aromatic carbocycles. The predicted molar refractivity (Wildman–Crippen MR) is 82.1 cm³/mol. The number of hydrogen-bond acceptors (Lipinski definition) is 7. The molecule has 10 heteroatoms. The largest absolute Gasteiger partial charge is 0.406 e. The van der Waals surface area contributed by atoms with Crippen LogP contribution in [-0.2, 0) is 27.2 Å². The van der Waals surface area contributed by atoms with E-state index in [1.807, 2.05) is 0 Å². The zero-order valence-electron chi connectivity index (χ0n) is 12.8. The van der Waals surface area contributed by atoms with Crippen molar-refractivity contribution in [3.8, 4) is 0 Å². The second-order valence-electron chi connectivity index (χ2n) is 4.36. The van der Waals surface area contributed by atoms with E-state index in [4.69, 9.17) is 18.1 Å². The van der Waals surface area contributed by atoms with E-state index >= 15 is 0 Å². The van der Waals surface area contributed by atoms with Gasteiger partial charge in [0, 0.05) is 26.5 Å². The molecule has 0 amide bonds. The lowest BCUT2D eigenvalue weighted by Gasteiger charge is -2.23. The fraction of sp³-hybridized carbons (Fsp3) is 1.00. The SMILES string of the molecule is COP(=O)(OC)SCCNP(=O)(OC(C)C)OC(C)C. The molecule has 0 saturated heterocycles. The van der Waals surface area contributed by atoms with Gasteiger partial charge in [-0.05, 0) is 39.1 Å². The Balaban J connectivity index is 4.34. The van der Waals surface area contributed by atoms with E-state index < -0.39 is 14.5 Å². The highest BCUT2D eigenvalue weighted by atomic mass is 32.7. The van der Waals surface area contributed by atoms with Gasteiger partial charge in [0.15, 0.2) is 0 Å². The van der Waals surface area contributed by atoms with Crippen LogP contribution < -0.4 is 5.09 Å². The highest BCUT2D eigenvalue weighted by Gasteiger charge is 2.28. The van der Waals surface area contributed by atoms with Crippen LogP contribution in [-0.4, -0.2) is 38.7 Å². The molecule has 0 unspecified atom stereocenters. The monoisotopic (exact) mass is 349 g/mol. The Bertz CT molecular complexity index is 344. The van der Waals surface area contributed by atoms with Gasteiger partial charge in [-0.25, -0.2) is 14.2 Å². The van der Waals surface area contributed by atoms with Crippen molar-refractivity contribution in [3.05, 3.63) is 0 Å². The third-order valence-electron chi connectivity index (χ3n) is 1.80. The van der Waals surface area contributed by atoms with Crippen molar-refractivity contribution < 1.29 is 27.2 Å². The molecule has 0 aliphatic carbocycles. The highest BCUT2D eigenvalue weighted by molar-refractivity contribution is 8.55. The first-order valence-corrected chi connectivity index (χ1v) is 10.9. The maximum Gasteiger partial charge on any atom is 0.406 e. The zero-order valence-corrected chi connectivity index (χ0v) is 15.4. The third kappa shape index (κ3) is 8.80. The van der Waals surface area contributed by atoms with E-state index in [2.05, 4.69) is 5.09 Å². The molecule has 0 atom stereocenters. The fourth-order valence-electron chi connectivity index (χ4n) is 1.17. The van der Waals surface area contributed by atoms with E-state index in [0.29, 0.717) is 5.75 Å². The fourth-order valence-corrected chi connectivity index (χ4v) is 5.37. The van der Waals surface area contributed by atoms with Crippen molar-refractivity contribution >= 4 is 25.9 Å². The van der Waals surface area contributed by atoms with Gasteiger partial charge in [0.1, 0.15) is 0 Å². The van der Waals surface area contributed by atoms with Crippen LogP contribution in [0.3, 0.4) is 0 Å². The van der Waals surface area contributed by atoms with Crippen LogP contribution in [0.25, 0.3) is 0 Å². The van der Waals surface area contributed by atoms with Crippen LogP contribution in [0.1, 0.15) is 27.7 Å². The van der Waals surface area contributed by atoms with Crippen molar-refractivity contribution in [3.63, 3.8) is 0 Å². The van der Waals surface area contributed by atoms with E-state index in [1.54, 1.807) is 27.7 Å². The van der Waals surface area contributed by atoms with E-state index in [1.165, 1.54) is 14.2 Å². The first kappa shape index (κ1) is 20.6. The molecule has 0 aromatic heterocycles. The maximum absolute atomic E-state index is 12.4. The molecular weight excluding hydrogens is 324 g/mol. The maximum atomic E-state index is 12.4. The van der Waals surface area contributed by atoms with Gasteiger partial charge in [-0.3, -0.25) is 9.05 Å². The molecule has 0 fully saturated rings. The summed E-state index contributed by atoms with van der Waals surface area (Å²) in [6, 6.07) is 0. The topological polar surface area (TPSA) is 83.1 Å². The Labute approximate surface area is 125 Å². The first-order valence-electron chi connectivity index (χ1n) is 6.24. The summed E-state index contributed by atoms with van der Waals surface area (Å²) in [6.45, 7) is 4.28. The molecule has 0 aliphatic heterocycles. The molecule has 0 spiro atoms. The molecule has 0 bridgehead atoms. The second kappa shape index (κ2) is 9.59. The summed E-state index contributed by atoms with van der Waals surface area (Å²) in [5, 5.41) is 2.74. The number of rotatable bonds is 11. The van der Waals surface area contributed by atoms with Crippen molar-refractivity contribution in [2.24, 2.45) is 0 Å². The molecule has 20 heavy (non-hydrogen) atoms. The lowest BCUT2D eigenvalue weighted by molar-refractivity contribution is 0.136. The summed E-state index contributed by atoms with van der Waals surface area (Å²) in [6.07, 6.45) is -0.465. The van der Waals surface area contributed by atoms with Crippen molar-refractivity contribution in [2.45, 2.75) is 39.9 Å². The van der Waals surface area contributed by atoms with Gasteiger partial charge in [0.05, 0.1) is 12.2 Å². The molecule has 0 radical (unpaired) electrons. The summed E-state index contributed by atoms with van der Waals surface area (Å²) in [5.74, 6) is 0.381. The minimum atomic E-state index is -3.37. The van der Waals surface area contributed by atoms with Gasteiger partial charge in [0.25, 0.3) is 0 Å². The number of hydrogen-bond donors (Lipinski definition) is 1. The van der Waals surface area contributed by atoms with Gasteiger partial charge >= 0.3 is 14.5 Å². The van der Waals surface area contributed by atoms with Crippen LogP contribution in [0.4, 0.5) is 0 Å². The standard InChI is InChI=1S/C10H25NO6P2S/c1-9(2)16-18(12,17-10(3)4)11-7-8-20-19(13,14-5)15-6/h9-10H,7-8H2,1-6H3,(H,11,12). The van der Waals surface area contributed by atoms with E-state index in [9.17, 15) is 9.13 Å². The summed E-state index contributed by atoms with van der Waals surface area (Å²) >= 11 is 1.02. The van der Waals surface area contributed by atoms with Crippen LogP contribution in [0.2, 0.25) is 0 Å². The molecule has 0 rings (SSSR count). The summed E-state index contributed by atoms with van der Waals surface area (Å²) in [7, 11) is -0.728. The Kier molecular flexibility index (Phi) is 9.88. The van der Waals surface area contributed by atoms with Gasteiger partial charge in [-0.15, -0.1) is 0 Å². The normalized spacial score (nSPS) is 13.4. The third-order valence-corrected chi connectivity index (χ3v) is 7.80. The van der Waals surface area contributed by atoms with Crippen molar-refractivity contribution in [1.29, 1.82) is 0 Å². The molecule has 122 valence electrons. The summed E-state index contributed by atoms with van der Waals surface area (Å²) in [4.78, 5) is 0. The zero-order chi connectivity index (χ0) is 15.8. The van der Waals surface area contributed by atoms with Gasteiger partial charge in [0.2, 0.25) is 0 Å². The smallest absolute Gasteiger partial charge is 0.304 e. The van der Waals surface area contributed by atoms with Gasteiger partial charge in [-0.1, -0.05) is 0 Å². The Morgan fingerprint density at radius 3 is 1.80 bits per heavy atom. The van der Waals surface area contributed by atoms with Crippen molar-refractivity contribution in [2.75, 3.05) is 26.5 Å². The lowest BCUT2D eigenvalue weighted by atomic mass is 10.5. The highest BCUT2D eigenvalue weighted by Crippen LogP contribution is 2.59. The van der Waals surface area contributed by atoms with Crippen molar-refractivity contribution in [1.82, 2.24) is 5.09 Å². The quantitative estimate of drug-likeness (QED) is 0.447. The van der Waals surface area contributed by atoms with Crippen LogP contribution in [0.5, 0.6) is 0 Å². The molecule has 0 heterocycles. The minimum Gasteiger partial charge on any atom is -0.304 e. The van der Waals surface area contributed by atoms with Gasteiger partial charge < -0.3 is 9.05 Å². The molecule has 1 N–H and O–H groups in total. The Morgan fingerprint density at radius 1 is 1.00 bits per heavy atom. The van der Waals surface area contributed by atoms with E-state index in [0.717, 1.165) is 11.4 Å². The van der Waals surface area contributed by atoms with E-state index in [-0.39, 0.29) is 18.8 Å². The van der Waals surface area contributed by atoms with Crippen LogP contribution in [0, 0.1) is 0 Å². The van der Waals surface area contributed by atoms with Crippen LogP contribution >= 0.6 is 25.9 Å². The van der Waals surface area contributed by atoms with Gasteiger partial charge in [-0.2, -0.15) is 0 Å². The average molecular weight is 349 g/mol. The molecule has 0 aromatic rings. The molecular formula is C10H25NO6P2S. The summed E-state index contributed by atoms with van der Waals surface area (Å²) < 4.78 is 44.4. The minimum absolute atomic E-state index is 0.233. The molecule has 0 aliphatic rings. The second-order valence-corrected chi connectivity index (χ2v) is 10.5. The predicted octanol–water partition coefficient (Wildman–Crippen LogP) is 3.67. The lowest BCUT2D eigenvalue weighted by Crippen LogP contribution is -2.21.